The van der Waals surface area contributed by atoms with E-state index in [1.165, 1.54) is 0 Å². The molecule has 4 rings (SSSR count). The number of nitrogens with one attached hydrogen (secondary N) is 1. The Labute approximate surface area is 172 Å². The molecule has 0 radical (unpaired) electrons. The van der Waals surface area contributed by atoms with Crippen LogP contribution in [0.2, 0.25) is 0 Å². The number of ether oxygens (including phenoxy) is 2. The zero-order valence-corrected chi connectivity index (χ0v) is 17.1. The van der Waals surface area contributed by atoms with Crippen molar-refractivity contribution in [2.24, 2.45) is 5.92 Å². The number of hydrogen-bond donors (Lipinski definition) is 2. The molecule has 1 aliphatic heterocycles. The zero-order chi connectivity index (χ0) is 20.4. The van der Waals surface area contributed by atoms with E-state index in [1.54, 1.807) is 0 Å². The average molecular weight is 395 g/mol. The molecule has 2 unspecified atom stereocenters. The van der Waals surface area contributed by atoms with Crippen LogP contribution in [-0.2, 0) is 10.2 Å². The molecule has 1 aliphatic carbocycles. The van der Waals surface area contributed by atoms with Gasteiger partial charge in [0.25, 0.3) is 0 Å². The highest BCUT2D eigenvalue weighted by Gasteiger charge is 2.47. The van der Waals surface area contributed by atoms with Gasteiger partial charge in [-0.25, -0.2) is 0 Å². The van der Waals surface area contributed by atoms with Crippen LogP contribution < -0.4 is 14.8 Å². The fraction of sp³-hybridized carbons (Fsp3) is 0.458. The van der Waals surface area contributed by atoms with Crippen molar-refractivity contribution < 1.29 is 19.4 Å². The molecule has 0 bridgehead atoms. The van der Waals surface area contributed by atoms with Crippen LogP contribution in [0.4, 0.5) is 0 Å². The van der Waals surface area contributed by atoms with Crippen LogP contribution in [0.1, 0.15) is 50.3 Å². The number of aliphatic hydroxyl groups is 1. The molecule has 29 heavy (non-hydrogen) atoms. The molecule has 0 saturated heterocycles. The molecule has 2 N–H and O–H groups in total. The lowest BCUT2D eigenvalue weighted by Gasteiger charge is -2.42. The molecule has 5 heteroatoms. The highest BCUT2D eigenvalue weighted by molar-refractivity contribution is 5.89. The second-order valence-electron chi connectivity index (χ2n) is 8.54. The summed E-state index contributed by atoms with van der Waals surface area (Å²) in [5.41, 5.74) is 1.19. The van der Waals surface area contributed by atoms with Gasteiger partial charge in [-0.2, -0.15) is 0 Å². The first-order chi connectivity index (χ1) is 14.0. The quantitative estimate of drug-likeness (QED) is 0.782. The first-order valence-electron chi connectivity index (χ1n) is 10.4. The maximum Gasteiger partial charge on any atom is 0.231 e. The van der Waals surface area contributed by atoms with Crippen molar-refractivity contribution in [3.05, 3.63) is 59.7 Å². The maximum absolute atomic E-state index is 13.3. The highest BCUT2D eigenvalue weighted by Crippen LogP contribution is 2.45. The van der Waals surface area contributed by atoms with Crippen LogP contribution in [-0.4, -0.2) is 30.3 Å². The van der Waals surface area contributed by atoms with Crippen LogP contribution in [0.15, 0.2) is 48.5 Å². The molecule has 1 heterocycles. The number of carbonyl (C=O) groups excluding carboxylic acids is 1. The minimum atomic E-state index is -0.771. The Balaban J connectivity index is 1.47. The third-order valence-electron chi connectivity index (χ3n) is 5.99. The van der Waals surface area contributed by atoms with Gasteiger partial charge in [0.1, 0.15) is 24.2 Å². The van der Waals surface area contributed by atoms with Crippen molar-refractivity contribution in [2.75, 3.05) is 13.2 Å². The van der Waals surface area contributed by atoms with E-state index in [0.29, 0.717) is 18.3 Å². The molecule has 2 aliphatic rings. The Morgan fingerprint density at radius 2 is 1.93 bits per heavy atom. The van der Waals surface area contributed by atoms with Gasteiger partial charge >= 0.3 is 0 Å². The van der Waals surface area contributed by atoms with Crippen molar-refractivity contribution in [1.29, 1.82) is 0 Å². The van der Waals surface area contributed by atoms with Gasteiger partial charge < -0.3 is 19.9 Å². The first-order valence-corrected chi connectivity index (χ1v) is 10.4. The van der Waals surface area contributed by atoms with E-state index in [1.807, 2.05) is 48.5 Å². The Bertz CT molecular complexity index is 857. The molecule has 1 saturated carbocycles. The second-order valence-corrected chi connectivity index (χ2v) is 8.54. The molecule has 0 spiro atoms. The summed E-state index contributed by atoms with van der Waals surface area (Å²) < 4.78 is 11.5. The predicted octanol–water partition coefficient (Wildman–Crippen LogP) is 3.75. The minimum Gasteiger partial charge on any atom is -0.493 e. The Hall–Kier alpha value is -2.53. The fourth-order valence-corrected chi connectivity index (χ4v) is 4.08. The van der Waals surface area contributed by atoms with Crippen LogP contribution in [0.3, 0.4) is 0 Å². The van der Waals surface area contributed by atoms with Crippen LogP contribution in [0, 0.1) is 5.92 Å². The van der Waals surface area contributed by atoms with Crippen LogP contribution in [0.5, 0.6) is 11.5 Å². The van der Waals surface area contributed by atoms with E-state index < -0.39 is 17.6 Å². The van der Waals surface area contributed by atoms with Gasteiger partial charge in [-0.3, -0.25) is 4.79 Å². The third kappa shape index (κ3) is 3.84. The molecule has 1 amide bonds. The van der Waals surface area contributed by atoms with E-state index in [-0.39, 0.29) is 12.5 Å². The van der Waals surface area contributed by atoms with Gasteiger partial charge in [0.15, 0.2) is 0 Å². The summed E-state index contributed by atoms with van der Waals surface area (Å²) in [4.78, 5) is 13.3. The number of fused-ring (bicyclic) bond motifs is 1. The molecule has 154 valence electrons. The van der Waals surface area contributed by atoms with Crippen molar-refractivity contribution in [2.45, 2.75) is 50.7 Å². The van der Waals surface area contributed by atoms with Crippen molar-refractivity contribution in [1.82, 2.24) is 5.32 Å². The molecule has 0 aromatic heterocycles. The SMILES string of the molecule is CC(C)COc1ccc(C2(C(=O)NC3COc4ccccc4C3O)CCC2)cc1. The van der Waals surface area contributed by atoms with Gasteiger partial charge in [-0.15, -0.1) is 0 Å². The first kappa shape index (κ1) is 19.8. The molecule has 2 aromatic carbocycles. The number of para-hydroxylation sites is 1. The standard InChI is InChI=1S/C24H29NO4/c1-16(2)14-28-18-10-8-17(9-11-18)24(12-5-13-24)23(27)25-20-15-29-21-7-4-3-6-19(21)22(20)26/h3-4,6-11,16,20,22,26H,5,12-15H2,1-2H3,(H,25,27). The number of hydrogen-bond acceptors (Lipinski definition) is 4. The van der Waals surface area contributed by atoms with Crippen LogP contribution >= 0.6 is 0 Å². The van der Waals surface area contributed by atoms with Crippen molar-refractivity contribution >= 4 is 5.91 Å². The fourth-order valence-electron chi connectivity index (χ4n) is 4.08. The van der Waals surface area contributed by atoms with Gasteiger partial charge in [0.2, 0.25) is 5.91 Å². The lowest BCUT2D eigenvalue weighted by molar-refractivity contribution is -0.132. The van der Waals surface area contributed by atoms with Gasteiger partial charge in [0.05, 0.1) is 18.1 Å². The van der Waals surface area contributed by atoms with E-state index in [4.69, 9.17) is 9.47 Å². The van der Waals surface area contributed by atoms with E-state index in [0.717, 1.165) is 36.1 Å². The van der Waals surface area contributed by atoms with Gasteiger partial charge in [-0.05, 0) is 42.5 Å². The smallest absolute Gasteiger partial charge is 0.231 e. The summed E-state index contributed by atoms with van der Waals surface area (Å²) in [6.07, 6.45) is 1.87. The van der Waals surface area contributed by atoms with E-state index >= 15 is 0 Å². The number of rotatable bonds is 6. The maximum atomic E-state index is 13.3. The van der Waals surface area contributed by atoms with E-state index in [2.05, 4.69) is 19.2 Å². The summed E-state index contributed by atoms with van der Waals surface area (Å²) in [7, 11) is 0. The minimum absolute atomic E-state index is 0.0355. The molecule has 1 fully saturated rings. The largest absolute Gasteiger partial charge is 0.493 e. The highest BCUT2D eigenvalue weighted by atomic mass is 16.5. The summed E-state index contributed by atoms with van der Waals surface area (Å²) in [6, 6.07) is 14.9. The van der Waals surface area contributed by atoms with Crippen LogP contribution in [0.25, 0.3) is 0 Å². The summed E-state index contributed by atoms with van der Waals surface area (Å²) in [5, 5.41) is 13.8. The molecule has 5 nitrogen and oxygen atoms in total. The summed E-state index contributed by atoms with van der Waals surface area (Å²) in [6.45, 7) is 5.17. The Kier molecular flexibility index (Phi) is 5.50. The second kappa shape index (κ2) is 8.07. The Morgan fingerprint density at radius 1 is 1.21 bits per heavy atom. The number of aliphatic hydroxyl groups excluding tert-OH is 1. The topological polar surface area (TPSA) is 67.8 Å². The number of benzene rings is 2. The normalized spacial score (nSPS) is 22.2. The number of carbonyl (C=O) groups is 1. The monoisotopic (exact) mass is 395 g/mol. The Morgan fingerprint density at radius 3 is 2.59 bits per heavy atom. The molecular weight excluding hydrogens is 366 g/mol. The van der Waals surface area contributed by atoms with Gasteiger partial charge in [-0.1, -0.05) is 50.6 Å². The molecular formula is C24H29NO4. The lowest BCUT2D eigenvalue weighted by Crippen LogP contribution is -2.55. The lowest BCUT2D eigenvalue weighted by atomic mass is 9.63. The van der Waals surface area contributed by atoms with E-state index in [9.17, 15) is 9.90 Å². The van der Waals surface area contributed by atoms with Crippen molar-refractivity contribution in [3.63, 3.8) is 0 Å². The molecule has 2 aromatic rings. The third-order valence-corrected chi connectivity index (χ3v) is 5.99. The number of amides is 1. The zero-order valence-electron chi connectivity index (χ0n) is 17.1. The van der Waals surface area contributed by atoms with Gasteiger partial charge in [0, 0.05) is 5.56 Å². The predicted molar refractivity (Wildman–Crippen MR) is 111 cm³/mol. The summed E-state index contributed by atoms with van der Waals surface area (Å²) in [5.74, 6) is 1.94. The summed E-state index contributed by atoms with van der Waals surface area (Å²) >= 11 is 0. The van der Waals surface area contributed by atoms with Crippen molar-refractivity contribution in [3.8, 4) is 11.5 Å². The average Bonchev–Trinajstić information content (AvgIpc) is 2.69. The molecule has 2 atom stereocenters.